The van der Waals surface area contributed by atoms with Crippen molar-refractivity contribution in [2.45, 2.75) is 46.1 Å². The molecule has 0 bridgehead atoms. The summed E-state index contributed by atoms with van der Waals surface area (Å²) in [6.07, 6.45) is 0. The first-order valence-corrected chi connectivity index (χ1v) is 7.34. The van der Waals surface area contributed by atoms with E-state index in [0.717, 1.165) is 11.3 Å². The Morgan fingerprint density at radius 3 is 2.48 bits per heavy atom. The highest BCUT2D eigenvalue weighted by atomic mass is 16.5. The molecular formula is C17H27NO3. The second-order valence-corrected chi connectivity index (χ2v) is 6.17. The SMILES string of the molecule is CCNC(COc1ccc(C(C)(C)C)cc1C)C(=O)OC. The minimum Gasteiger partial charge on any atom is -0.491 e. The van der Waals surface area contributed by atoms with E-state index in [4.69, 9.17) is 9.47 Å². The third-order valence-corrected chi connectivity index (χ3v) is 3.38. The van der Waals surface area contributed by atoms with Gasteiger partial charge in [-0.15, -0.1) is 0 Å². The van der Waals surface area contributed by atoms with E-state index in [2.05, 4.69) is 38.2 Å². The van der Waals surface area contributed by atoms with Gasteiger partial charge in [0.1, 0.15) is 18.4 Å². The molecule has 1 N–H and O–H groups in total. The van der Waals surface area contributed by atoms with Crippen molar-refractivity contribution in [1.29, 1.82) is 0 Å². The maximum atomic E-state index is 11.6. The minimum absolute atomic E-state index is 0.113. The van der Waals surface area contributed by atoms with Crippen LogP contribution >= 0.6 is 0 Å². The minimum atomic E-state index is -0.443. The van der Waals surface area contributed by atoms with Gasteiger partial charge in [-0.25, -0.2) is 0 Å². The molecule has 0 fully saturated rings. The number of carbonyl (C=O) groups excluding carboxylic acids is 1. The average molecular weight is 293 g/mol. The number of nitrogens with one attached hydrogen (secondary N) is 1. The van der Waals surface area contributed by atoms with Gasteiger partial charge in [-0.2, -0.15) is 0 Å². The normalized spacial score (nSPS) is 12.9. The number of rotatable bonds is 6. The Morgan fingerprint density at radius 2 is 2.00 bits per heavy atom. The first-order valence-electron chi connectivity index (χ1n) is 7.34. The van der Waals surface area contributed by atoms with E-state index in [9.17, 15) is 4.79 Å². The molecular weight excluding hydrogens is 266 g/mol. The third-order valence-electron chi connectivity index (χ3n) is 3.38. The second-order valence-electron chi connectivity index (χ2n) is 6.17. The van der Waals surface area contributed by atoms with Crippen LogP contribution in [0.5, 0.6) is 5.75 Å². The van der Waals surface area contributed by atoms with Gasteiger partial charge in [0.2, 0.25) is 0 Å². The number of hydrogen-bond donors (Lipinski definition) is 1. The Balaban J connectivity index is 2.77. The maximum Gasteiger partial charge on any atom is 0.326 e. The molecule has 1 atom stereocenters. The van der Waals surface area contributed by atoms with Crippen LogP contribution < -0.4 is 10.1 Å². The molecule has 0 aromatic heterocycles. The van der Waals surface area contributed by atoms with Crippen molar-refractivity contribution < 1.29 is 14.3 Å². The number of ether oxygens (including phenoxy) is 2. The molecule has 0 aliphatic carbocycles. The summed E-state index contributed by atoms with van der Waals surface area (Å²) < 4.78 is 10.5. The second kappa shape index (κ2) is 7.46. The zero-order chi connectivity index (χ0) is 16.0. The van der Waals surface area contributed by atoms with Gasteiger partial charge < -0.3 is 14.8 Å². The van der Waals surface area contributed by atoms with E-state index in [-0.39, 0.29) is 18.0 Å². The van der Waals surface area contributed by atoms with Gasteiger partial charge in [-0.1, -0.05) is 39.8 Å². The van der Waals surface area contributed by atoms with Crippen LogP contribution in [0.1, 0.15) is 38.8 Å². The fraction of sp³-hybridized carbons (Fsp3) is 0.588. The Kier molecular flexibility index (Phi) is 6.21. The monoisotopic (exact) mass is 293 g/mol. The van der Waals surface area contributed by atoms with Crippen LogP contribution in [0.15, 0.2) is 18.2 Å². The summed E-state index contributed by atoms with van der Waals surface area (Å²) in [4.78, 5) is 11.6. The highest BCUT2D eigenvalue weighted by Crippen LogP contribution is 2.27. The molecule has 1 unspecified atom stereocenters. The van der Waals surface area contributed by atoms with Gasteiger partial charge in [0.05, 0.1) is 7.11 Å². The Labute approximate surface area is 127 Å². The zero-order valence-corrected chi connectivity index (χ0v) is 13.9. The predicted molar refractivity (Wildman–Crippen MR) is 84.9 cm³/mol. The van der Waals surface area contributed by atoms with E-state index < -0.39 is 6.04 Å². The van der Waals surface area contributed by atoms with Crippen LogP contribution in [-0.4, -0.2) is 32.3 Å². The van der Waals surface area contributed by atoms with E-state index in [1.54, 1.807) is 0 Å². The van der Waals surface area contributed by atoms with Crippen LogP contribution in [0.2, 0.25) is 0 Å². The van der Waals surface area contributed by atoms with E-state index in [1.165, 1.54) is 12.7 Å². The lowest BCUT2D eigenvalue weighted by Gasteiger charge is -2.21. The van der Waals surface area contributed by atoms with Crippen molar-refractivity contribution >= 4 is 5.97 Å². The number of benzene rings is 1. The summed E-state index contributed by atoms with van der Waals surface area (Å²) in [6, 6.07) is 5.73. The maximum absolute atomic E-state index is 11.6. The number of esters is 1. The molecule has 0 aliphatic heterocycles. The van der Waals surface area contributed by atoms with Crippen molar-refractivity contribution in [3.05, 3.63) is 29.3 Å². The average Bonchev–Trinajstić information content (AvgIpc) is 2.42. The molecule has 21 heavy (non-hydrogen) atoms. The summed E-state index contributed by atoms with van der Waals surface area (Å²) in [5.41, 5.74) is 2.45. The quantitative estimate of drug-likeness (QED) is 0.819. The standard InChI is InChI=1S/C17H27NO3/c1-7-18-14(16(19)20-6)11-21-15-9-8-13(10-12(15)2)17(3,4)5/h8-10,14,18H,7,11H2,1-6H3. The van der Waals surface area contributed by atoms with Crippen molar-refractivity contribution in [3.8, 4) is 5.75 Å². The molecule has 0 amide bonds. The first kappa shape index (κ1) is 17.5. The molecule has 0 saturated heterocycles. The molecule has 0 saturated carbocycles. The van der Waals surface area contributed by atoms with Gasteiger partial charge in [-0.05, 0) is 36.1 Å². The van der Waals surface area contributed by atoms with Gasteiger partial charge in [-0.3, -0.25) is 4.79 Å². The number of hydrogen-bond acceptors (Lipinski definition) is 4. The van der Waals surface area contributed by atoms with Crippen LogP contribution in [0.4, 0.5) is 0 Å². The van der Waals surface area contributed by atoms with Gasteiger partial charge in [0.15, 0.2) is 0 Å². The van der Waals surface area contributed by atoms with Crippen molar-refractivity contribution in [2.75, 3.05) is 20.3 Å². The lowest BCUT2D eigenvalue weighted by Crippen LogP contribution is -2.42. The molecule has 0 aliphatic rings. The fourth-order valence-electron chi connectivity index (χ4n) is 2.05. The molecule has 0 heterocycles. The predicted octanol–water partition coefficient (Wildman–Crippen LogP) is 2.82. The molecule has 4 heteroatoms. The summed E-state index contributed by atoms with van der Waals surface area (Å²) in [5.74, 6) is 0.496. The molecule has 118 valence electrons. The molecule has 1 aromatic rings. The smallest absolute Gasteiger partial charge is 0.326 e. The van der Waals surface area contributed by atoms with E-state index in [1.807, 2.05) is 19.9 Å². The number of aryl methyl sites for hydroxylation is 1. The Morgan fingerprint density at radius 1 is 1.33 bits per heavy atom. The number of carbonyl (C=O) groups is 1. The van der Waals surface area contributed by atoms with Gasteiger partial charge in [0, 0.05) is 0 Å². The van der Waals surface area contributed by atoms with Crippen LogP contribution in [0.25, 0.3) is 0 Å². The van der Waals surface area contributed by atoms with Crippen molar-refractivity contribution in [1.82, 2.24) is 5.32 Å². The fourth-order valence-corrected chi connectivity index (χ4v) is 2.05. The van der Waals surface area contributed by atoms with E-state index >= 15 is 0 Å². The third kappa shape index (κ3) is 5.05. The first-order chi connectivity index (χ1) is 9.79. The van der Waals surface area contributed by atoms with Crippen LogP contribution in [-0.2, 0) is 14.9 Å². The van der Waals surface area contributed by atoms with Gasteiger partial charge >= 0.3 is 5.97 Å². The van der Waals surface area contributed by atoms with E-state index in [0.29, 0.717) is 6.54 Å². The lowest BCUT2D eigenvalue weighted by atomic mass is 9.86. The van der Waals surface area contributed by atoms with Gasteiger partial charge in [0.25, 0.3) is 0 Å². The van der Waals surface area contributed by atoms with Crippen molar-refractivity contribution in [2.24, 2.45) is 0 Å². The van der Waals surface area contributed by atoms with Crippen LogP contribution in [0, 0.1) is 6.92 Å². The highest BCUT2D eigenvalue weighted by molar-refractivity contribution is 5.75. The number of methoxy groups -OCH3 is 1. The Hall–Kier alpha value is -1.55. The zero-order valence-electron chi connectivity index (χ0n) is 13.9. The summed E-state index contributed by atoms with van der Waals surface area (Å²) in [7, 11) is 1.38. The lowest BCUT2D eigenvalue weighted by molar-refractivity contribution is -0.143. The highest BCUT2D eigenvalue weighted by Gasteiger charge is 2.19. The summed E-state index contributed by atoms with van der Waals surface area (Å²) in [5, 5.41) is 3.06. The van der Waals surface area contributed by atoms with Crippen LogP contribution in [0.3, 0.4) is 0 Å². The summed E-state index contributed by atoms with van der Waals surface area (Å²) in [6.45, 7) is 11.5. The topological polar surface area (TPSA) is 47.6 Å². The largest absolute Gasteiger partial charge is 0.491 e. The molecule has 1 rings (SSSR count). The molecule has 1 aromatic carbocycles. The molecule has 4 nitrogen and oxygen atoms in total. The Bertz CT molecular complexity index is 477. The summed E-state index contributed by atoms with van der Waals surface area (Å²) >= 11 is 0. The molecule has 0 spiro atoms. The van der Waals surface area contributed by atoms with Crippen molar-refractivity contribution in [3.63, 3.8) is 0 Å². The number of likely N-dealkylation sites (N-methyl/N-ethyl adjacent to an activating group) is 1. The molecule has 0 radical (unpaired) electrons.